The van der Waals surface area contributed by atoms with Gasteiger partial charge in [0.05, 0.1) is 12.8 Å². The molecule has 1 aromatic rings. The van der Waals surface area contributed by atoms with E-state index in [2.05, 4.69) is 18.9 Å². The molecule has 3 nitrogen and oxygen atoms in total. The van der Waals surface area contributed by atoms with Crippen molar-refractivity contribution < 1.29 is 4.42 Å². The predicted molar refractivity (Wildman–Crippen MR) is 48.6 cm³/mol. The van der Waals surface area contributed by atoms with Crippen LogP contribution in [0, 0.1) is 0 Å². The van der Waals surface area contributed by atoms with Crippen LogP contribution in [0.15, 0.2) is 16.7 Å². The highest BCUT2D eigenvalue weighted by Crippen LogP contribution is 2.11. The van der Waals surface area contributed by atoms with Crippen LogP contribution in [0.25, 0.3) is 0 Å². The average Bonchev–Trinajstić information content (AvgIpc) is 2.51. The molecule has 3 heteroatoms. The molecule has 0 spiro atoms. The van der Waals surface area contributed by atoms with Crippen molar-refractivity contribution in [2.24, 2.45) is 5.73 Å². The van der Waals surface area contributed by atoms with Gasteiger partial charge in [-0.3, -0.25) is 0 Å². The third kappa shape index (κ3) is 2.09. The van der Waals surface area contributed by atoms with Crippen LogP contribution in [0.4, 0.5) is 0 Å². The van der Waals surface area contributed by atoms with Gasteiger partial charge in [-0.1, -0.05) is 6.92 Å². The van der Waals surface area contributed by atoms with E-state index in [4.69, 9.17) is 10.2 Å². The third-order valence-electron chi connectivity index (χ3n) is 2.00. The molecular formula is C9H16N2O. The van der Waals surface area contributed by atoms with Crippen LogP contribution in [0.2, 0.25) is 0 Å². The summed E-state index contributed by atoms with van der Waals surface area (Å²) in [6.07, 6.45) is 1.70. The van der Waals surface area contributed by atoms with E-state index >= 15 is 0 Å². The number of rotatable bonds is 4. The fourth-order valence-electron chi connectivity index (χ4n) is 1.09. The topological polar surface area (TPSA) is 42.4 Å². The Labute approximate surface area is 73.2 Å². The van der Waals surface area contributed by atoms with Gasteiger partial charge in [0.2, 0.25) is 0 Å². The van der Waals surface area contributed by atoms with Gasteiger partial charge in [0.15, 0.2) is 0 Å². The highest BCUT2D eigenvalue weighted by Gasteiger charge is 2.05. The lowest BCUT2D eigenvalue weighted by atomic mass is 10.2. The Balaban J connectivity index is 2.61. The monoisotopic (exact) mass is 168 g/mol. The lowest BCUT2D eigenvalue weighted by Gasteiger charge is -2.12. The van der Waals surface area contributed by atoms with Crippen LogP contribution < -0.4 is 5.73 Å². The lowest BCUT2D eigenvalue weighted by Crippen LogP contribution is -2.17. The van der Waals surface area contributed by atoms with Gasteiger partial charge in [-0.15, -0.1) is 0 Å². The first-order valence-corrected chi connectivity index (χ1v) is 4.21. The zero-order valence-electron chi connectivity index (χ0n) is 7.71. The summed E-state index contributed by atoms with van der Waals surface area (Å²) in [5.74, 6) is 0.898. The molecule has 1 rings (SSSR count). The van der Waals surface area contributed by atoms with Gasteiger partial charge in [0.25, 0.3) is 0 Å². The standard InChI is InChI=1S/C9H16N2O/c1-3-11(2)7-8-4-5-12-9(8)6-10/h4-5H,3,6-7,10H2,1-2H3. The van der Waals surface area contributed by atoms with Gasteiger partial charge < -0.3 is 15.1 Å². The summed E-state index contributed by atoms with van der Waals surface area (Å²) < 4.78 is 5.21. The minimum Gasteiger partial charge on any atom is -0.468 e. The summed E-state index contributed by atoms with van der Waals surface area (Å²) in [5.41, 5.74) is 6.70. The van der Waals surface area contributed by atoms with Gasteiger partial charge in [0.1, 0.15) is 5.76 Å². The van der Waals surface area contributed by atoms with E-state index in [-0.39, 0.29) is 0 Å². The number of hydrogen-bond acceptors (Lipinski definition) is 3. The maximum Gasteiger partial charge on any atom is 0.121 e. The molecule has 0 fully saturated rings. The number of nitrogens with zero attached hydrogens (tertiary/aromatic N) is 1. The van der Waals surface area contributed by atoms with Crippen molar-refractivity contribution >= 4 is 0 Å². The van der Waals surface area contributed by atoms with Crippen molar-refractivity contribution in [3.8, 4) is 0 Å². The van der Waals surface area contributed by atoms with Crippen molar-refractivity contribution in [2.45, 2.75) is 20.0 Å². The molecule has 0 radical (unpaired) electrons. The maximum absolute atomic E-state index is 5.50. The Bertz CT molecular complexity index is 232. The molecule has 0 saturated carbocycles. The zero-order valence-corrected chi connectivity index (χ0v) is 7.71. The number of furan rings is 1. The smallest absolute Gasteiger partial charge is 0.121 e. The fraction of sp³-hybridized carbons (Fsp3) is 0.556. The van der Waals surface area contributed by atoms with E-state index in [0.717, 1.165) is 18.8 Å². The Hall–Kier alpha value is -0.800. The Morgan fingerprint density at radius 3 is 2.92 bits per heavy atom. The average molecular weight is 168 g/mol. The Kier molecular flexibility index (Phi) is 3.31. The van der Waals surface area contributed by atoms with E-state index in [1.807, 2.05) is 6.07 Å². The molecule has 0 atom stereocenters. The number of hydrogen-bond donors (Lipinski definition) is 1. The van der Waals surface area contributed by atoms with E-state index in [1.165, 1.54) is 5.56 Å². The molecule has 0 amide bonds. The van der Waals surface area contributed by atoms with E-state index in [1.54, 1.807) is 6.26 Å². The lowest BCUT2D eigenvalue weighted by molar-refractivity contribution is 0.341. The molecule has 1 aromatic heterocycles. The SMILES string of the molecule is CCN(C)Cc1ccoc1CN. The predicted octanol–water partition coefficient (Wildman–Crippen LogP) is 1.19. The van der Waals surface area contributed by atoms with Gasteiger partial charge in [-0.05, 0) is 19.7 Å². The summed E-state index contributed by atoms with van der Waals surface area (Å²) in [4.78, 5) is 2.21. The summed E-state index contributed by atoms with van der Waals surface area (Å²) in [6, 6.07) is 1.98. The van der Waals surface area contributed by atoms with Crippen LogP contribution >= 0.6 is 0 Å². The highest BCUT2D eigenvalue weighted by atomic mass is 16.3. The molecule has 0 unspecified atom stereocenters. The first-order chi connectivity index (χ1) is 5.77. The maximum atomic E-state index is 5.50. The molecule has 0 aliphatic carbocycles. The Morgan fingerprint density at radius 2 is 2.33 bits per heavy atom. The molecule has 2 N–H and O–H groups in total. The van der Waals surface area contributed by atoms with Crippen molar-refractivity contribution in [3.63, 3.8) is 0 Å². The minimum atomic E-state index is 0.486. The van der Waals surface area contributed by atoms with Crippen molar-refractivity contribution in [1.29, 1.82) is 0 Å². The van der Waals surface area contributed by atoms with Crippen molar-refractivity contribution in [2.75, 3.05) is 13.6 Å². The normalized spacial score (nSPS) is 11.0. The van der Waals surface area contributed by atoms with Crippen molar-refractivity contribution in [3.05, 3.63) is 23.7 Å². The fourth-order valence-corrected chi connectivity index (χ4v) is 1.09. The summed E-state index contributed by atoms with van der Waals surface area (Å²) in [7, 11) is 2.08. The van der Waals surface area contributed by atoms with Crippen LogP contribution in [0.3, 0.4) is 0 Å². The van der Waals surface area contributed by atoms with E-state index < -0.39 is 0 Å². The molecule has 68 valence electrons. The van der Waals surface area contributed by atoms with Crippen LogP contribution in [-0.4, -0.2) is 18.5 Å². The highest BCUT2D eigenvalue weighted by molar-refractivity contribution is 5.16. The third-order valence-corrected chi connectivity index (χ3v) is 2.00. The van der Waals surface area contributed by atoms with Gasteiger partial charge in [-0.25, -0.2) is 0 Å². The quantitative estimate of drug-likeness (QED) is 0.734. The summed E-state index contributed by atoms with van der Waals surface area (Å²) in [5, 5.41) is 0. The zero-order chi connectivity index (χ0) is 8.97. The van der Waals surface area contributed by atoms with Gasteiger partial charge >= 0.3 is 0 Å². The van der Waals surface area contributed by atoms with Crippen LogP contribution in [0.1, 0.15) is 18.2 Å². The summed E-state index contributed by atoms with van der Waals surface area (Å²) >= 11 is 0. The van der Waals surface area contributed by atoms with Crippen molar-refractivity contribution in [1.82, 2.24) is 4.90 Å². The molecule has 1 heterocycles. The molecule has 0 bridgehead atoms. The molecule has 12 heavy (non-hydrogen) atoms. The van der Waals surface area contributed by atoms with Gasteiger partial charge in [-0.2, -0.15) is 0 Å². The number of nitrogens with two attached hydrogens (primary N) is 1. The molecular weight excluding hydrogens is 152 g/mol. The van der Waals surface area contributed by atoms with Crippen LogP contribution in [-0.2, 0) is 13.1 Å². The van der Waals surface area contributed by atoms with E-state index in [9.17, 15) is 0 Å². The second-order valence-electron chi connectivity index (χ2n) is 2.90. The first kappa shape index (κ1) is 9.29. The second kappa shape index (κ2) is 4.28. The largest absolute Gasteiger partial charge is 0.468 e. The first-order valence-electron chi connectivity index (χ1n) is 4.21. The van der Waals surface area contributed by atoms with Crippen LogP contribution in [0.5, 0.6) is 0 Å². The summed E-state index contributed by atoms with van der Waals surface area (Å²) in [6.45, 7) is 4.57. The van der Waals surface area contributed by atoms with Gasteiger partial charge in [0, 0.05) is 12.1 Å². The molecule has 0 aromatic carbocycles. The molecule has 0 aliphatic heterocycles. The molecule has 0 aliphatic rings. The van der Waals surface area contributed by atoms with E-state index in [0.29, 0.717) is 6.54 Å². The molecule has 0 saturated heterocycles. The second-order valence-corrected chi connectivity index (χ2v) is 2.90. The minimum absolute atomic E-state index is 0.486. The Morgan fingerprint density at radius 1 is 1.58 bits per heavy atom.